The molecule has 31 heavy (non-hydrogen) atoms. The molecule has 3 rings (SSSR count). The second-order valence-electron chi connectivity index (χ2n) is 7.45. The molecular formula is C23H26N4O4. The Kier molecular flexibility index (Phi) is 6.69. The first-order valence-corrected chi connectivity index (χ1v) is 9.95. The monoisotopic (exact) mass is 422 g/mol. The van der Waals surface area contributed by atoms with Crippen LogP contribution in [0.5, 0.6) is 0 Å². The van der Waals surface area contributed by atoms with Gasteiger partial charge in [0.05, 0.1) is 18.8 Å². The Balaban J connectivity index is 1.92. The molecule has 2 aromatic rings. The summed E-state index contributed by atoms with van der Waals surface area (Å²) in [5.41, 5.74) is 10.2. The molecule has 8 heteroatoms. The highest BCUT2D eigenvalue weighted by Crippen LogP contribution is 2.29. The number of carbonyl (C=O) groups excluding carboxylic acids is 3. The average Bonchev–Trinajstić information content (AvgIpc) is 3.18. The summed E-state index contributed by atoms with van der Waals surface area (Å²) >= 11 is 0. The Morgan fingerprint density at radius 2 is 1.84 bits per heavy atom. The van der Waals surface area contributed by atoms with Crippen LogP contribution >= 0.6 is 0 Å². The number of likely N-dealkylation sites (tertiary alicyclic amines) is 1. The molecular weight excluding hydrogens is 396 g/mol. The van der Waals surface area contributed by atoms with Gasteiger partial charge < -0.3 is 20.8 Å². The zero-order valence-corrected chi connectivity index (χ0v) is 17.8. The van der Waals surface area contributed by atoms with E-state index in [0.717, 1.165) is 22.3 Å². The van der Waals surface area contributed by atoms with Crippen molar-refractivity contribution in [2.45, 2.75) is 26.3 Å². The highest BCUT2D eigenvalue weighted by Gasteiger charge is 2.39. The minimum absolute atomic E-state index is 0.167. The molecule has 1 aliphatic heterocycles. The summed E-state index contributed by atoms with van der Waals surface area (Å²) in [6.07, 6.45) is 0.226. The fraction of sp³-hybridized carbons (Fsp3) is 0.304. The molecule has 1 atom stereocenters. The number of benzene rings is 2. The lowest BCUT2D eigenvalue weighted by Crippen LogP contribution is -2.47. The Bertz CT molecular complexity index is 1030. The summed E-state index contributed by atoms with van der Waals surface area (Å²) in [4.78, 5) is 43.4. The van der Waals surface area contributed by atoms with Gasteiger partial charge in [-0.15, -0.1) is 0 Å². The third kappa shape index (κ3) is 4.74. The molecule has 1 heterocycles. The van der Waals surface area contributed by atoms with Crippen molar-refractivity contribution in [2.24, 2.45) is 10.9 Å². The van der Waals surface area contributed by atoms with Crippen LogP contribution in [-0.2, 0) is 14.4 Å². The molecule has 3 amide bonds. The second kappa shape index (κ2) is 9.42. The first-order valence-electron chi connectivity index (χ1n) is 9.95. The molecule has 0 saturated carbocycles. The summed E-state index contributed by atoms with van der Waals surface area (Å²) in [6.45, 7) is 3.75. The minimum Gasteiger partial charge on any atom is -0.399 e. The van der Waals surface area contributed by atoms with E-state index < -0.39 is 17.9 Å². The van der Waals surface area contributed by atoms with Crippen molar-refractivity contribution in [1.82, 2.24) is 10.2 Å². The molecule has 1 saturated heterocycles. The van der Waals surface area contributed by atoms with E-state index >= 15 is 0 Å². The van der Waals surface area contributed by atoms with E-state index in [1.54, 1.807) is 6.07 Å². The van der Waals surface area contributed by atoms with Crippen LogP contribution in [0.2, 0.25) is 0 Å². The maximum absolute atomic E-state index is 13.4. The third-order valence-electron chi connectivity index (χ3n) is 5.48. The number of primary amides is 1. The lowest BCUT2D eigenvalue weighted by atomic mass is 9.93. The predicted octanol–water partition coefficient (Wildman–Crippen LogP) is 1.79. The van der Waals surface area contributed by atoms with Crippen molar-refractivity contribution < 1.29 is 19.2 Å². The standard InChI is InChI=1S/C23H26N4O4/c1-14-15(2)19(10-9-18(14)16-7-5-4-6-8-16)23(30)27-13-17(26-31-3)11-20(27)22(29)25-12-21(24)28/h4-10,20H,11-13H2,1-3H3,(H2,24,28)(H,25,29)/t20-/m0/s1. The summed E-state index contributed by atoms with van der Waals surface area (Å²) in [6, 6.07) is 12.9. The van der Waals surface area contributed by atoms with Gasteiger partial charge in [0.25, 0.3) is 5.91 Å². The van der Waals surface area contributed by atoms with Gasteiger partial charge in [-0.1, -0.05) is 41.6 Å². The quantitative estimate of drug-likeness (QED) is 0.691. The smallest absolute Gasteiger partial charge is 0.255 e. The summed E-state index contributed by atoms with van der Waals surface area (Å²) in [5.74, 6) is -1.39. The number of carbonyl (C=O) groups is 3. The van der Waals surface area contributed by atoms with E-state index in [4.69, 9.17) is 10.6 Å². The minimum atomic E-state index is -0.797. The van der Waals surface area contributed by atoms with Gasteiger partial charge >= 0.3 is 0 Å². The van der Waals surface area contributed by atoms with Crippen molar-refractivity contribution in [3.8, 4) is 11.1 Å². The van der Waals surface area contributed by atoms with Gasteiger partial charge in [0.15, 0.2) is 0 Å². The number of rotatable bonds is 6. The lowest BCUT2D eigenvalue weighted by molar-refractivity contribution is -0.127. The molecule has 0 radical (unpaired) electrons. The molecule has 1 aliphatic rings. The molecule has 0 aromatic heterocycles. The van der Waals surface area contributed by atoms with Gasteiger partial charge in [0.2, 0.25) is 11.8 Å². The zero-order valence-electron chi connectivity index (χ0n) is 17.8. The number of amides is 3. The van der Waals surface area contributed by atoms with Crippen LogP contribution in [-0.4, -0.2) is 54.6 Å². The van der Waals surface area contributed by atoms with Crippen LogP contribution in [0.25, 0.3) is 11.1 Å². The molecule has 2 aromatic carbocycles. The molecule has 0 unspecified atom stereocenters. The van der Waals surface area contributed by atoms with Crippen LogP contribution in [0.3, 0.4) is 0 Å². The van der Waals surface area contributed by atoms with Gasteiger partial charge in [0, 0.05) is 12.0 Å². The highest BCUT2D eigenvalue weighted by molar-refractivity contribution is 6.06. The van der Waals surface area contributed by atoms with Gasteiger partial charge in [-0.3, -0.25) is 14.4 Å². The van der Waals surface area contributed by atoms with Crippen molar-refractivity contribution in [1.29, 1.82) is 0 Å². The number of hydrogen-bond donors (Lipinski definition) is 2. The number of hydrogen-bond acceptors (Lipinski definition) is 5. The van der Waals surface area contributed by atoms with E-state index in [1.807, 2.05) is 50.2 Å². The Labute approximate surface area is 181 Å². The summed E-state index contributed by atoms with van der Waals surface area (Å²) in [7, 11) is 1.41. The molecule has 3 N–H and O–H groups in total. The predicted molar refractivity (Wildman–Crippen MR) is 117 cm³/mol. The van der Waals surface area contributed by atoms with E-state index in [2.05, 4.69) is 10.5 Å². The number of oxime groups is 1. The number of nitrogens with one attached hydrogen (secondary N) is 1. The fourth-order valence-electron chi connectivity index (χ4n) is 3.78. The fourth-order valence-corrected chi connectivity index (χ4v) is 3.78. The summed E-state index contributed by atoms with van der Waals surface area (Å²) < 4.78 is 0. The highest BCUT2D eigenvalue weighted by atomic mass is 16.6. The number of nitrogens with zero attached hydrogens (tertiary/aromatic N) is 2. The van der Waals surface area contributed by atoms with E-state index in [-0.39, 0.29) is 25.4 Å². The van der Waals surface area contributed by atoms with Crippen LogP contribution in [0, 0.1) is 13.8 Å². The molecule has 0 spiro atoms. The maximum Gasteiger partial charge on any atom is 0.255 e. The van der Waals surface area contributed by atoms with Crippen molar-refractivity contribution in [3.05, 3.63) is 59.2 Å². The Morgan fingerprint density at radius 3 is 2.48 bits per heavy atom. The topological polar surface area (TPSA) is 114 Å². The SMILES string of the molecule is CON=C1C[C@@H](C(=O)NCC(N)=O)N(C(=O)c2ccc(-c3ccccc3)c(C)c2C)C1. The third-order valence-corrected chi connectivity index (χ3v) is 5.48. The van der Waals surface area contributed by atoms with Crippen LogP contribution < -0.4 is 11.1 Å². The molecule has 8 nitrogen and oxygen atoms in total. The lowest BCUT2D eigenvalue weighted by Gasteiger charge is -2.24. The van der Waals surface area contributed by atoms with Crippen LogP contribution in [0.15, 0.2) is 47.6 Å². The number of nitrogens with two attached hydrogens (primary N) is 1. The van der Waals surface area contributed by atoms with Crippen LogP contribution in [0.1, 0.15) is 27.9 Å². The van der Waals surface area contributed by atoms with E-state index in [9.17, 15) is 14.4 Å². The van der Waals surface area contributed by atoms with E-state index in [1.165, 1.54) is 12.0 Å². The molecule has 0 aliphatic carbocycles. The normalized spacial score (nSPS) is 16.9. The van der Waals surface area contributed by atoms with Gasteiger partial charge in [-0.25, -0.2) is 0 Å². The zero-order chi connectivity index (χ0) is 22.5. The van der Waals surface area contributed by atoms with Gasteiger partial charge in [-0.05, 0) is 42.2 Å². The Hall–Kier alpha value is -3.68. The second-order valence-corrected chi connectivity index (χ2v) is 7.45. The first-order chi connectivity index (χ1) is 14.8. The molecule has 1 fully saturated rings. The van der Waals surface area contributed by atoms with E-state index in [0.29, 0.717) is 11.3 Å². The maximum atomic E-state index is 13.4. The molecule has 0 bridgehead atoms. The van der Waals surface area contributed by atoms with Gasteiger partial charge in [0.1, 0.15) is 13.2 Å². The largest absolute Gasteiger partial charge is 0.399 e. The van der Waals surface area contributed by atoms with Crippen molar-refractivity contribution in [3.63, 3.8) is 0 Å². The molecule has 162 valence electrons. The average molecular weight is 422 g/mol. The first kappa shape index (κ1) is 22.0. The van der Waals surface area contributed by atoms with Gasteiger partial charge in [-0.2, -0.15) is 0 Å². The van der Waals surface area contributed by atoms with Crippen molar-refractivity contribution in [2.75, 3.05) is 20.2 Å². The Morgan fingerprint density at radius 1 is 1.13 bits per heavy atom. The van der Waals surface area contributed by atoms with Crippen molar-refractivity contribution >= 4 is 23.4 Å². The summed E-state index contributed by atoms with van der Waals surface area (Å²) in [5, 5.41) is 6.40. The van der Waals surface area contributed by atoms with Crippen LogP contribution in [0.4, 0.5) is 0 Å².